The second-order valence-electron chi connectivity index (χ2n) is 8.91. The Hall–Kier alpha value is -1.98. The van der Waals surface area contributed by atoms with Gasteiger partial charge in [-0.25, -0.2) is 4.39 Å². The minimum Gasteiger partial charge on any atom is -0.338 e. The van der Waals surface area contributed by atoms with Crippen molar-refractivity contribution in [1.29, 1.82) is 0 Å². The van der Waals surface area contributed by atoms with Crippen LogP contribution in [0, 0.1) is 23.6 Å². The number of nitrogens with zero attached hydrogens (tertiary/aromatic N) is 3. The molecule has 0 unspecified atom stereocenters. The Balaban J connectivity index is 1.25. The third kappa shape index (κ3) is 3.13. The Morgan fingerprint density at radius 2 is 2.04 bits per heavy atom. The zero-order valence-electron chi connectivity index (χ0n) is 15.6. The van der Waals surface area contributed by atoms with E-state index < -0.39 is 5.82 Å². The maximum Gasteiger partial charge on any atom is 0.227 e. The average molecular weight is 371 g/mol. The molecule has 27 heavy (non-hydrogen) atoms. The lowest BCUT2D eigenvalue weighted by molar-refractivity contribution is -0.156. The van der Waals surface area contributed by atoms with Crippen LogP contribution in [0.5, 0.6) is 0 Å². The summed E-state index contributed by atoms with van der Waals surface area (Å²) in [7, 11) is 0. The summed E-state index contributed by atoms with van der Waals surface area (Å²) in [4.78, 5) is 33.7. The molecule has 3 saturated carbocycles. The summed E-state index contributed by atoms with van der Waals surface area (Å²) in [6.45, 7) is 1.84. The molecule has 0 aromatic carbocycles. The van der Waals surface area contributed by atoms with Crippen LogP contribution in [-0.4, -0.2) is 51.8 Å². The molecule has 1 saturated heterocycles. The molecule has 1 spiro atoms. The van der Waals surface area contributed by atoms with E-state index in [4.69, 9.17) is 0 Å². The van der Waals surface area contributed by atoms with Gasteiger partial charge in [-0.15, -0.1) is 0 Å². The van der Waals surface area contributed by atoms with E-state index in [1.54, 1.807) is 6.20 Å². The highest BCUT2D eigenvalue weighted by Crippen LogP contribution is 2.56. The van der Waals surface area contributed by atoms with Crippen molar-refractivity contribution in [3.63, 3.8) is 0 Å². The van der Waals surface area contributed by atoms with Gasteiger partial charge in [-0.3, -0.25) is 14.6 Å². The molecular weight excluding hydrogens is 345 g/mol. The first-order valence-corrected chi connectivity index (χ1v) is 10.2. The van der Waals surface area contributed by atoms with Gasteiger partial charge in [0.1, 0.15) is 5.82 Å². The number of hydrogen-bond donors (Lipinski definition) is 0. The van der Waals surface area contributed by atoms with Gasteiger partial charge in [0.2, 0.25) is 11.8 Å². The van der Waals surface area contributed by atoms with Crippen molar-refractivity contribution in [2.75, 3.05) is 19.6 Å². The van der Waals surface area contributed by atoms with Crippen molar-refractivity contribution in [1.82, 2.24) is 14.8 Å². The number of rotatable bonds is 4. The maximum atomic E-state index is 13.3. The van der Waals surface area contributed by atoms with Crippen molar-refractivity contribution < 1.29 is 14.0 Å². The standard InChI is InChI=1S/C21H26FN3O2/c22-16-8-14(11-23-12-16)9-19(26)24-6-7-25(21(13-24)4-1-5-21)20(27)18-10-17(18)15-2-3-15/h8,11-12,15,17-18H,1-7,9-10,13H2/t17-,18+/m0/s1. The van der Waals surface area contributed by atoms with E-state index in [0.717, 1.165) is 37.8 Å². The molecule has 0 radical (unpaired) electrons. The zero-order chi connectivity index (χ0) is 18.6. The van der Waals surface area contributed by atoms with E-state index in [2.05, 4.69) is 9.88 Å². The molecule has 2 heterocycles. The highest BCUT2D eigenvalue weighted by Gasteiger charge is 2.56. The summed E-state index contributed by atoms with van der Waals surface area (Å²) in [6.07, 6.45) is 9.64. The van der Waals surface area contributed by atoms with Crippen LogP contribution in [0.4, 0.5) is 4.39 Å². The van der Waals surface area contributed by atoms with Gasteiger partial charge in [-0.05, 0) is 62.0 Å². The lowest BCUT2D eigenvalue weighted by Crippen LogP contribution is -2.68. The van der Waals surface area contributed by atoms with E-state index in [-0.39, 0.29) is 23.8 Å². The molecule has 1 aromatic rings. The molecule has 0 bridgehead atoms. The van der Waals surface area contributed by atoms with Crippen LogP contribution in [0.2, 0.25) is 0 Å². The number of hydrogen-bond acceptors (Lipinski definition) is 3. The summed E-state index contributed by atoms with van der Waals surface area (Å²) in [5, 5.41) is 0. The number of piperazine rings is 1. The van der Waals surface area contributed by atoms with Gasteiger partial charge in [0.25, 0.3) is 0 Å². The van der Waals surface area contributed by atoms with E-state index >= 15 is 0 Å². The van der Waals surface area contributed by atoms with Crippen LogP contribution in [0.25, 0.3) is 0 Å². The monoisotopic (exact) mass is 371 g/mol. The number of carbonyl (C=O) groups excluding carboxylic acids is 2. The van der Waals surface area contributed by atoms with Gasteiger partial charge in [0.05, 0.1) is 18.2 Å². The number of pyridine rings is 1. The fourth-order valence-electron chi connectivity index (χ4n) is 5.13. The fraction of sp³-hybridized carbons (Fsp3) is 0.667. The lowest BCUT2D eigenvalue weighted by Gasteiger charge is -2.56. The predicted octanol–water partition coefficient (Wildman–Crippen LogP) is 2.40. The molecule has 1 aromatic heterocycles. The highest BCUT2D eigenvalue weighted by molar-refractivity contribution is 5.84. The Labute approximate surface area is 158 Å². The fourth-order valence-corrected chi connectivity index (χ4v) is 5.13. The van der Waals surface area contributed by atoms with Crippen molar-refractivity contribution in [3.05, 3.63) is 29.8 Å². The zero-order valence-corrected chi connectivity index (χ0v) is 15.6. The minimum atomic E-state index is -0.416. The topological polar surface area (TPSA) is 53.5 Å². The van der Waals surface area contributed by atoms with E-state index in [1.807, 2.05) is 4.90 Å². The van der Waals surface area contributed by atoms with Crippen molar-refractivity contribution in [3.8, 4) is 0 Å². The third-order valence-electron chi connectivity index (χ3n) is 7.06. The molecule has 3 aliphatic carbocycles. The first-order valence-electron chi connectivity index (χ1n) is 10.2. The van der Waals surface area contributed by atoms with Crippen LogP contribution in [-0.2, 0) is 16.0 Å². The van der Waals surface area contributed by atoms with Crippen LogP contribution in [0.3, 0.4) is 0 Å². The van der Waals surface area contributed by atoms with E-state index in [9.17, 15) is 14.0 Å². The number of amides is 2. The van der Waals surface area contributed by atoms with Crippen LogP contribution in [0.1, 0.15) is 44.1 Å². The molecule has 4 aliphatic rings. The Morgan fingerprint density at radius 3 is 2.70 bits per heavy atom. The van der Waals surface area contributed by atoms with Crippen LogP contribution < -0.4 is 0 Å². The molecule has 4 fully saturated rings. The van der Waals surface area contributed by atoms with Crippen molar-refractivity contribution in [2.24, 2.45) is 17.8 Å². The van der Waals surface area contributed by atoms with Crippen molar-refractivity contribution in [2.45, 2.75) is 50.5 Å². The quantitative estimate of drug-likeness (QED) is 0.817. The normalized spacial score (nSPS) is 28.8. The van der Waals surface area contributed by atoms with Crippen LogP contribution in [0.15, 0.2) is 18.5 Å². The third-order valence-corrected chi connectivity index (χ3v) is 7.06. The maximum absolute atomic E-state index is 13.3. The van der Waals surface area contributed by atoms with E-state index in [0.29, 0.717) is 37.0 Å². The predicted molar refractivity (Wildman–Crippen MR) is 97.1 cm³/mol. The summed E-state index contributed by atoms with van der Waals surface area (Å²) in [6, 6.07) is 1.37. The second-order valence-corrected chi connectivity index (χ2v) is 8.91. The molecule has 144 valence electrons. The van der Waals surface area contributed by atoms with Gasteiger partial charge >= 0.3 is 0 Å². The Morgan fingerprint density at radius 1 is 1.22 bits per heavy atom. The molecular formula is C21H26FN3O2. The molecule has 2 atom stereocenters. The summed E-state index contributed by atoms with van der Waals surface area (Å²) < 4.78 is 13.3. The lowest BCUT2D eigenvalue weighted by atomic mass is 9.73. The minimum absolute atomic E-state index is 0.00283. The summed E-state index contributed by atoms with van der Waals surface area (Å²) >= 11 is 0. The number of halogens is 1. The first kappa shape index (κ1) is 17.1. The molecule has 1 aliphatic heterocycles. The van der Waals surface area contributed by atoms with Crippen LogP contribution >= 0.6 is 0 Å². The Bertz CT molecular complexity index is 774. The van der Waals surface area contributed by atoms with Gasteiger partial charge in [0.15, 0.2) is 0 Å². The van der Waals surface area contributed by atoms with Gasteiger partial charge in [-0.1, -0.05) is 0 Å². The molecule has 2 amide bonds. The number of aromatic nitrogens is 1. The Kier molecular flexibility index (Phi) is 3.99. The molecule has 0 N–H and O–H groups in total. The first-order chi connectivity index (χ1) is 13.1. The largest absolute Gasteiger partial charge is 0.338 e. The van der Waals surface area contributed by atoms with Gasteiger partial charge in [0, 0.05) is 31.7 Å². The smallest absolute Gasteiger partial charge is 0.227 e. The van der Waals surface area contributed by atoms with E-state index in [1.165, 1.54) is 18.9 Å². The summed E-state index contributed by atoms with van der Waals surface area (Å²) in [5.41, 5.74) is 0.452. The average Bonchev–Trinajstić information content (AvgIpc) is 3.51. The highest BCUT2D eigenvalue weighted by atomic mass is 19.1. The molecule has 5 rings (SSSR count). The summed E-state index contributed by atoms with van der Waals surface area (Å²) in [5.74, 6) is 1.61. The second kappa shape index (κ2) is 6.28. The van der Waals surface area contributed by atoms with Gasteiger partial charge in [-0.2, -0.15) is 0 Å². The van der Waals surface area contributed by atoms with Gasteiger partial charge < -0.3 is 9.80 Å². The number of carbonyl (C=O) groups is 2. The SMILES string of the molecule is O=C(Cc1cncc(F)c1)N1CCN(C(=O)[C@@H]2C[C@H]2C2CC2)C2(CCC2)C1. The molecule has 5 nitrogen and oxygen atoms in total. The van der Waals surface area contributed by atoms with Crippen molar-refractivity contribution >= 4 is 11.8 Å². The molecule has 6 heteroatoms.